The lowest BCUT2D eigenvalue weighted by molar-refractivity contribution is -0.138. The Hall–Kier alpha value is -4.16. The molecule has 2 N–H and O–H groups in total. The van der Waals surface area contributed by atoms with E-state index in [9.17, 15) is 32.0 Å². The van der Waals surface area contributed by atoms with Crippen molar-refractivity contribution in [2.45, 2.75) is 62.0 Å². The monoisotopic (exact) mass is 608 g/mol. The van der Waals surface area contributed by atoms with Crippen molar-refractivity contribution < 1.29 is 27.2 Å². The van der Waals surface area contributed by atoms with Gasteiger partial charge < -0.3 is 15.2 Å². The Kier molecular flexibility index (Phi) is 8.10. The van der Waals surface area contributed by atoms with E-state index in [2.05, 4.69) is 31.1 Å². The quantitative estimate of drug-likeness (QED) is 0.423. The average molecular weight is 609 g/mol. The third kappa shape index (κ3) is 6.02. The Balaban J connectivity index is 1.41. The molecule has 0 saturated carbocycles. The van der Waals surface area contributed by atoms with Crippen LogP contribution in [-0.4, -0.2) is 71.4 Å². The number of nitrogens with zero attached hydrogens (tertiary/aromatic N) is 2. The number of aromatic amines is 1. The Morgan fingerprint density at radius 3 is 2.35 bits per heavy atom. The van der Waals surface area contributed by atoms with Crippen molar-refractivity contribution in [3.05, 3.63) is 99.7 Å². The van der Waals surface area contributed by atoms with E-state index in [-0.39, 0.29) is 24.8 Å². The van der Waals surface area contributed by atoms with Gasteiger partial charge in [0.15, 0.2) is 5.78 Å². The van der Waals surface area contributed by atoms with Gasteiger partial charge in [-0.2, -0.15) is 4.31 Å². The summed E-state index contributed by atoms with van der Waals surface area (Å²) in [5.74, 6) is -1.98. The van der Waals surface area contributed by atoms with E-state index in [1.807, 2.05) is 12.1 Å². The Morgan fingerprint density at radius 1 is 1.05 bits per heavy atom. The van der Waals surface area contributed by atoms with E-state index in [4.69, 9.17) is 0 Å². The van der Waals surface area contributed by atoms with Gasteiger partial charge in [0, 0.05) is 24.7 Å². The molecule has 43 heavy (non-hydrogen) atoms. The minimum absolute atomic E-state index is 0.0222. The fourth-order valence-corrected chi connectivity index (χ4v) is 7.37. The number of aromatic nitrogens is 1. The minimum atomic E-state index is -4.32. The number of likely N-dealkylation sites (tertiary alicyclic amines) is 1. The van der Waals surface area contributed by atoms with Gasteiger partial charge in [-0.25, -0.2) is 12.8 Å². The maximum Gasteiger partial charge on any atom is 0.268 e. The highest BCUT2D eigenvalue weighted by Gasteiger charge is 2.54. The summed E-state index contributed by atoms with van der Waals surface area (Å²) in [6.07, 6.45) is 1.51. The molecule has 0 radical (unpaired) electrons. The first kappa shape index (κ1) is 30.3. The van der Waals surface area contributed by atoms with Gasteiger partial charge in [-0.05, 0) is 59.4 Å². The third-order valence-corrected chi connectivity index (χ3v) is 9.89. The van der Waals surface area contributed by atoms with Crippen LogP contribution in [0.2, 0.25) is 0 Å². The van der Waals surface area contributed by atoms with Crippen LogP contribution in [0.4, 0.5) is 4.39 Å². The highest BCUT2D eigenvalue weighted by atomic mass is 32.2. The van der Waals surface area contributed by atoms with Crippen LogP contribution in [0.25, 0.3) is 0 Å². The molecule has 2 saturated heterocycles. The largest absolute Gasteiger partial charge is 0.340 e. The minimum Gasteiger partial charge on any atom is -0.340 e. The molecule has 2 aromatic carbocycles. The summed E-state index contributed by atoms with van der Waals surface area (Å²) < 4.78 is 41.3. The molecule has 5 rings (SSSR count). The fourth-order valence-electron chi connectivity index (χ4n) is 5.70. The maximum atomic E-state index is 14.0. The van der Waals surface area contributed by atoms with Crippen LogP contribution in [0.5, 0.6) is 0 Å². The van der Waals surface area contributed by atoms with Gasteiger partial charge in [-0.3, -0.25) is 19.2 Å². The van der Waals surface area contributed by atoms with Gasteiger partial charge in [-0.15, -0.1) is 0 Å². The number of hydrogen-bond donors (Lipinski definition) is 2. The molecule has 10 nitrogen and oxygen atoms in total. The highest BCUT2D eigenvalue weighted by molar-refractivity contribution is 7.89. The molecule has 226 valence electrons. The van der Waals surface area contributed by atoms with E-state index in [1.165, 1.54) is 47.5 Å². The fraction of sp³-hybridized carbons (Fsp3) is 0.355. The normalized spacial score (nSPS) is 19.7. The Bertz CT molecular complexity index is 1710. The van der Waals surface area contributed by atoms with Gasteiger partial charge in [0.25, 0.3) is 11.5 Å². The highest BCUT2D eigenvalue weighted by Crippen LogP contribution is 2.34. The van der Waals surface area contributed by atoms with Crippen molar-refractivity contribution in [3.63, 3.8) is 0 Å². The summed E-state index contributed by atoms with van der Waals surface area (Å²) in [7, 11) is -4.32. The lowest BCUT2D eigenvalue weighted by Gasteiger charge is -2.28. The van der Waals surface area contributed by atoms with Crippen molar-refractivity contribution in [3.8, 4) is 0 Å². The second kappa shape index (κ2) is 11.5. The topological polar surface area (TPSA) is 137 Å². The maximum absolute atomic E-state index is 14.0. The number of amides is 2. The van der Waals surface area contributed by atoms with Gasteiger partial charge in [0.05, 0.1) is 12.6 Å². The van der Waals surface area contributed by atoms with Gasteiger partial charge in [0.2, 0.25) is 15.9 Å². The van der Waals surface area contributed by atoms with Crippen molar-refractivity contribution >= 4 is 27.6 Å². The number of carbonyl (C=O) groups excluding carboxylic acids is 3. The number of pyridine rings is 1. The van der Waals surface area contributed by atoms with Crippen molar-refractivity contribution in [1.82, 2.24) is 19.5 Å². The summed E-state index contributed by atoms with van der Waals surface area (Å²) in [5.41, 5.74) is 1.03. The van der Waals surface area contributed by atoms with E-state index >= 15 is 0 Å². The number of fused-ring (bicyclic) bond motifs is 1. The van der Waals surface area contributed by atoms with Crippen LogP contribution in [0.3, 0.4) is 0 Å². The first-order valence-corrected chi connectivity index (χ1v) is 15.4. The first-order chi connectivity index (χ1) is 20.3. The molecule has 0 spiro atoms. The van der Waals surface area contributed by atoms with E-state index in [0.29, 0.717) is 11.1 Å². The number of sulfonamides is 1. The predicted octanol–water partition coefficient (Wildman–Crippen LogP) is 2.40. The number of ketones is 1. The summed E-state index contributed by atoms with van der Waals surface area (Å²) in [5, 5.41) is 2.79. The smallest absolute Gasteiger partial charge is 0.268 e. The number of benzene rings is 2. The molecule has 1 aromatic heterocycles. The summed E-state index contributed by atoms with van der Waals surface area (Å²) in [6.45, 7) is 5.75. The number of hydrogen-bond acceptors (Lipinski definition) is 6. The van der Waals surface area contributed by atoms with Crippen LogP contribution >= 0.6 is 0 Å². The molecule has 12 heteroatoms. The van der Waals surface area contributed by atoms with E-state index in [0.717, 1.165) is 9.87 Å². The molecule has 2 amide bonds. The lowest BCUT2D eigenvalue weighted by Crippen LogP contribution is -2.53. The molecule has 0 aliphatic carbocycles. The summed E-state index contributed by atoms with van der Waals surface area (Å²) in [6, 6.07) is 12.1. The number of rotatable bonds is 7. The van der Waals surface area contributed by atoms with Crippen molar-refractivity contribution in [2.75, 3.05) is 13.1 Å². The van der Waals surface area contributed by atoms with Gasteiger partial charge >= 0.3 is 0 Å². The second-order valence-corrected chi connectivity index (χ2v) is 13.8. The second-order valence-electron chi connectivity index (χ2n) is 11.9. The number of nitrogens with one attached hydrogen (secondary N) is 2. The van der Waals surface area contributed by atoms with Gasteiger partial charge in [0.1, 0.15) is 22.8 Å². The Morgan fingerprint density at radius 2 is 1.72 bits per heavy atom. The van der Waals surface area contributed by atoms with E-state index < -0.39 is 68.6 Å². The predicted molar refractivity (Wildman–Crippen MR) is 156 cm³/mol. The Labute approximate surface area is 249 Å². The van der Waals surface area contributed by atoms with Crippen molar-refractivity contribution in [2.24, 2.45) is 0 Å². The molecule has 3 aromatic rings. The molecule has 0 bridgehead atoms. The van der Waals surface area contributed by atoms with Crippen LogP contribution in [0.15, 0.2) is 76.6 Å². The van der Waals surface area contributed by atoms with Crippen molar-refractivity contribution in [1.29, 1.82) is 0 Å². The molecule has 3 heterocycles. The van der Waals surface area contributed by atoms with Crippen LogP contribution < -0.4 is 10.9 Å². The zero-order valence-electron chi connectivity index (χ0n) is 24.0. The summed E-state index contributed by atoms with van der Waals surface area (Å²) >= 11 is 0. The van der Waals surface area contributed by atoms with Gasteiger partial charge in [-0.1, -0.05) is 45.0 Å². The molecule has 2 aliphatic heterocycles. The zero-order chi connectivity index (χ0) is 31.1. The average Bonchev–Trinajstić information content (AvgIpc) is 3.54. The van der Waals surface area contributed by atoms with Crippen LogP contribution in [-0.2, 0) is 31.4 Å². The number of carbonyl (C=O) groups is 3. The molecular weight excluding hydrogens is 575 g/mol. The van der Waals surface area contributed by atoms with Crippen LogP contribution in [0, 0.1) is 5.82 Å². The number of H-pyrrole nitrogens is 1. The molecular formula is C31H33FN4O6S. The number of halogens is 1. The lowest BCUT2D eigenvalue weighted by atomic mass is 9.86. The zero-order valence-corrected chi connectivity index (χ0v) is 24.9. The molecule has 2 fully saturated rings. The van der Waals surface area contributed by atoms with E-state index in [1.54, 1.807) is 12.1 Å². The van der Waals surface area contributed by atoms with Crippen LogP contribution in [0.1, 0.15) is 48.7 Å². The standard InChI is InChI=1S/C31H33FN4O6S/c1-31(2,3)21-10-8-20(9-11-21)28(38)34-23(17-19-6-12-22(32)13-7-19)30(40)35-16-14-24-27(35)25(37)18-36(24)43(41,42)26-5-4-15-33-29(26)39/h4-13,15,23-24,27H,14,16-18H2,1-3H3,(H,33,39)(H,34,38). The first-order valence-electron chi connectivity index (χ1n) is 14.0. The SMILES string of the molecule is CC(C)(C)c1ccc(C(=O)NC(Cc2ccc(F)cc2)C(=O)N2CCC3C2C(=O)CN3S(=O)(=O)c2ccc[nH]c2=O)cc1. The third-order valence-electron chi connectivity index (χ3n) is 8.00. The number of Topliss-reactive ketones (excluding diaryl/α,β-unsaturated/α-hetero) is 1. The molecule has 3 atom stereocenters. The molecule has 3 unspecified atom stereocenters. The molecule has 2 aliphatic rings. The summed E-state index contributed by atoms with van der Waals surface area (Å²) in [4.78, 5) is 56.0.